The number of nitrogens with zero attached hydrogens (tertiary/aromatic N) is 4. The summed E-state index contributed by atoms with van der Waals surface area (Å²) in [6, 6.07) is 83.1. The minimum absolute atomic E-state index is 0.859. The van der Waals surface area contributed by atoms with E-state index in [9.17, 15) is 0 Å². The fourth-order valence-electron chi connectivity index (χ4n) is 10.7. The minimum atomic E-state index is 0.859. The second kappa shape index (κ2) is 13.9. The number of fused-ring (bicyclic) bond motifs is 8. The van der Waals surface area contributed by atoms with Crippen molar-refractivity contribution in [2.75, 3.05) is 9.80 Å². The van der Waals surface area contributed by atoms with Gasteiger partial charge in [0.15, 0.2) is 0 Å². The molecule has 0 saturated heterocycles. The van der Waals surface area contributed by atoms with Crippen LogP contribution in [0.2, 0.25) is 0 Å². The molecule has 5 nitrogen and oxygen atoms in total. The van der Waals surface area contributed by atoms with Gasteiger partial charge in [-0.15, -0.1) is 0 Å². The van der Waals surface area contributed by atoms with Gasteiger partial charge in [-0.2, -0.15) is 0 Å². The summed E-state index contributed by atoms with van der Waals surface area (Å²) in [7, 11) is 0. The third kappa shape index (κ3) is 5.27. The van der Waals surface area contributed by atoms with Crippen LogP contribution in [-0.4, -0.2) is 8.97 Å². The van der Waals surface area contributed by atoms with Crippen molar-refractivity contribution < 1.29 is 4.42 Å². The zero-order valence-electron chi connectivity index (χ0n) is 35.1. The van der Waals surface area contributed by atoms with Gasteiger partial charge in [0.05, 0.1) is 27.6 Å². The van der Waals surface area contributed by atoms with E-state index in [1.165, 1.54) is 59.9 Å². The number of benzene rings is 10. The zero-order chi connectivity index (χ0) is 42.6. The number of furan rings is 1. The summed E-state index contributed by atoms with van der Waals surface area (Å²) in [5, 5.41) is 9.83. The first kappa shape index (κ1) is 35.8. The van der Waals surface area contributed by atoms with E-state index >= 15 is 0 Å². The smallest absolute Gasteiger partial charge is 0.137 e. The molecule has 0 bridgehead atoms. The van der Waals surface area contributed by atoms with E-state index in [4.69, 9.17) is 4.42 Å². The number of hydrogen-bond acceptors (Lipinski definition) is 3. The maximum Gasteiger partial charge on any atom is 0.137 e. The Morgan fingerprint density at radius 2 is 0.785 bits per heavy atom. The topological polar surface area (TPSA) is 29.0 Å². The predicted octanol–water partition coefficient (Wildman–Crippen LogP) is 16.8. The van der Waals surface area contributed by atoms with E-state index in [1.807, 2.05) is 12.1 Å². The Labute approximate surface area is 373 Å². The van der Waals surface area contributed by atoms with Crippen LogP contribution < -0.4 is 9.80 Å². The van der Waals surface area contributed by atoms with E-state index in [0.29, 0.717) is 0 Å². The monoisotopic (exact) mass is 830 g/mol. The molecular weight excluding hydrogens is 793 g/mol. The number of hydrogen-bond donors (Lipinski definition) is 0. The summed E-state index contributed by atoms with van der Waals surface area (Å²) in [4.78, 5) is 4.68. The molecule has 0 aliphatic rings. The molecule has 10 aromatic carbocycles. The second-order valence-electron chi connectivity index (χ2n) is 16.9. The van der Waals surface area contributed by atoms with Gasteiger partial charge in [0.1, 0.15) is 11.2 Å². The maximum absolute atomic E-state index is 6.41. The van der Waals surface area contributed by atoms with Crippen molar-refractivity contribution in [2.24, 2.45) is 0 Å². The van der Waals surface area contributed by atoms with Gasteiger partial charge >= 0.3 is 0 Å². The third-order valence-electron chi connectivity index (χ3n) is 13.4. The molecule has 0 unspecified atom stereocenters. The van der Waals surface area contributed by atoms with Crippen molar-refractivity contribution in [3.05, 3.63) is 231 Å². The van der Waals surface area contributed by atoms with Crippen LogP contribution in [0.1, 0.15) is 0 Å². The van der Waals surface area contributed by atoms with Crippen LogP contribution in [-0.2, 0) is 0 Å². The molecule has 304 valence electrons. The van der Waals surface area contributed by atoms with E-state index in [-0.39, 0.29) is 0 Å². The first-order valence-electron chi connectivity index (χ1n) is 22.2. The van der Waals surface area contributed by atoms with Gasteiger partial charge in [0.25, 0.3) is 0 Å². The Hall–Kier alpha value is -8.80. The van der Waals surface area contributed by atoms with E-state index in [1.54, 1.807) is 0 Å². The molecule has 4 aromatic heterocycles. The van der Waals surface area contributed by atoms with Crippen molar-refractivity contribution in [2.45, 2.75) is 0 Å². The average molecular weight is 831 g/mol. The molecule has 0 saturated carbocycles. The number of rotatable bonds is 7. The summed E-state index contributed by atoms with van der Waals surface area (Å²) in [5.74, 6) is 0. The highest BCUT2D eigenvalue weighted by atomic mass is 16.3. The van der Waals surface area contributed by atoms with Crippen LogP contribution in [0.4, 0.5) is 34.1 Å². The molecule has 0 amide bonds. The highest BCUT2D eigenvalue weighted by Gasteiger charge is 2.23. The van der Waals surface area contributed by atoms with E-state index < -0.39 is 0 Å². The molecular formula is C60H38N4O. The van der Waals surface area contributed by atoms with E-state index in [2.05, 4.69) is 237 Å². The second-order valence-corrected chi connectivity index (χ2v) is 16.9. The fraction of sp³-hybridized carbons (Fsp3) is 0. The molecule has 0 N–H and O–H groups in total. The van der Waals surface area contributed by atoms with Gasteiger partial charge in [-0.1, -0.05) is 121 Å². The van der Waals surface area contributed by atoms with Crippen molar-refractivity contribution >= 4 is 116 Å². The standard InChI is InChI=1S/C60H38N4O/c1-3-16-39(17-4-1)61(41-20-11-21-42(36-41)62(40-18-5-2-6-19-40)45-34-35-48-47-25-8-10-33-56(47)65-57(48)38-45)43-22-12-23-44(37-43)63-53-30-14-26-49-51-28-13-27-50-46-24-7-9-29-52(46)64(60(50)51)55-32-15-31-54(63)59(55)58(49)53/h1-38H. The Morgan fingerprint density at radius 3 is 1.55 bits per heavy atom. The van der Waals surface area contributed by atoms with Gasteiger partial charge in [0.2, 0.25) is 0 Å². The molecule has 0 spiro atoms. The molecule has 4 heterocycles. The van der Waals surface area contributed by atoms with Crippen LogP contribution in [0.3, 0.4) is 0 Å². The highest BCUT2D eigenvalue weighted by molar-refractivity contribution is 6.31. The molecule has 5 heteroatoms. The summed E-state index contributed by atoms with van der Waals surface area (Å²) < 4.78 is 11.4. The van der Waals surface area contributed by atoms with Gasteiger partial charge in [-0.05, 0) is 109 Å². The molecule has 0 aliphatic carbocycles. The van der Waals surface area contributed by atoms with Crippen molar-refractivity contribution in [3.8, 4) is 5.69 Å². The lowest BCUT2D eigenvalue weighted by atomic mass is 10.0. The first-order chi connectivity index (χ1) is 32.3. The van der Waals surface area contributed by atoms with Crippen LogP contribution >= 0.6 is 0 Å². The summed E-state index contributed by atoms with van der Waals surface area (Å²) in [5.41, 5.74) is 15.2. The maximum atomic E-state index is 6.41. The first-order valence-corrected chi connectivity index (χ1v) is 22.2. The lowest BCUT2D eigenvalue weighted by Crippen LogP contribution is -2.13. The van der Waals surface area contributed by atoms with Gasteiger partial charge in [0, 0.05) is 83.6 Å². The van der Waals surface area contributed by atoms with Crippen molar-refractivity contribution in [3.63, 3.8) is 0 Å². The molecule has 0 radical (unpaired) electrons. The summed E-state index contributed by atoms with van der Waals surface area (Å²) >= 11 is 0. The minimum Gasteiger partial charge on any atom is -0.456 e. The van der Waals surface area contributed by atoms with E-state index in [0.717, 1.165) is 61.8 Å². The lowest BCUT2D eigenvalue weighted by Gasteiger charge is -2.29. The molecule has 65 heavy (non-hydrogen) atoms. The quantitative estimate of drug-likeness (QED) is 0.160. The summed E-state index contributed by atoms with van der Waals surface area (Å²) in [6.07, 6.45) is 0. The number of anilines is 6. The predicted molar refractivity (Wildman–Crippen MR) is 272 cm³/mol. The Morgan fingerprint density at radius 1 is 0.292 bits per heavy atom. The zero-order valence-corrected chi connectivity index (χ0v) is 35.1. The Kier molecular flexibility index (Phi) is 7.62. The third-order valence-corrected chi connectivity index (χ3v) is 13.4. The van der Waals surface area contributed by atoms with Gasteiger partial charge < -0.3 is 23.2 Å². The Bertz CT molecular complexity index is 4140. The van der Waals surface area contributed by atoms with Gasteiger partial charge in [-0.3, -0.25) is 0 Å². The van der Waals surface area contributed by atoms with Crippen LogP contribution in [0.15, 0.2) is 235 Å². The van der Waals surface area contributed by atoms with Crippen LogP contribution in [0.5, 0.6) is 0 Å². The van der Waals surface area contributed by atoms with Crippen molar-refractivity contribution in [1.82, 2.24) is 8.97 Å². The van der Waals surface area contributed by atoms with Crippen molar-refractivity contribution in [1.29, 1.82) is 0 Å². The molecule has 0 fully saturated rings. The lowest BCUT2D eigenvalue weighted by molar-refractivity contribution is 0.669. The number of aromatic nitrogens is 2. The molecule has 0 aliphatic heterocycles. The largest absolute Gasteiger partial charge is 0.456 e. The van der Waals surface area contributed by atoms with Crippen LogP contribution in [0.25, 0.3) is 87.5 Å². The summed E-state index contributed by atoms with van der Waals surface area (Å²) in [6.45, 7) is 0. The normalized spacial score (nSPS) is 12.0. The number of para-hydroxylation sites is 5. The fourth-order valence-corrected chi connectivity index (χ4v) is 10.7. The molecule has 0 atom stereocenters. The molecule has 14 rings (SSSR count). The van der Waals surface area contributed by atoms with Gasteiger partial charge in [-0.25, -0.2) is 0 Å². The SMILES string of the molecule is c1ccc(N(c2cccc(N(c3ccccc3)c3ccc4c(c3)oc3ccccc34)c2)c2cccc(-n3c4cccc5c6cccc7c8ccccc8n(c8cccc3c8c54)c67)c2)cc1. The average Bonchev–Trinajstić information content (AvgIpc) is 4.00. The Balaban J connectivity index is 0.965. The molecule has 14 aromatic rings. The van der Waals surface area contributed by atoms with Crippen LogP contribution in [0, 0.1) is 0 Å². The highest BCUT2D eigenvalue weighted by Crippen LogP contribution is 2.46.